The maximum Gasteiger partial charge on any atom is 0.339 e. The van der Waals surface area contributed by atoms with E-state index < -0.39 is 5.97 Å². The number of carbonyl (C=O) groups excluding carboxylic acids is 2. The number of rotatable bonds is 3. The Morgan fingerprint density at radius 2 is 2.00 bits per heavy atom. The first kappa shape index (κ1) is 16.4. The Kier molecular flexibility index (Phi) is 4.73. The van der Waals surface area contributed by atoms with Crippen LogP contribution in [0.25, 0.3) is 6.08 Å². The zero-order valence-electron chi connectivity index (χ0n) is 12.6. The van der Waals surface area contributed by atoms with Crippen LogP contribution in [0.4, 0.5) is 5.69 Å². The summed E-state index contributed by atoms with van der Waals surface area (Å²) >= 11 is 6.51. The van der Waals surface area contributed by atoms with Gasteiger partial charge in [-0.2, -0.15) is 0 Å². The van der Waals surface area contributed by atoms with Crippen molar-refractivity contribution in [2.75, 3.05) is 12.0 Å². The third-order valence-corrected chi connectivity index (χ3v) is 4.61. The molecule has 7 heteroatoms. The van der Waals surface area contributed by atoms with Crippen LogP contribution in [-0.4, -0.2) is 28.3 Å². The number of thioether (sulfide) groups is 1. The first-order valence-electron chi connectivity index (χ1n) is 6.98. The molecule has 3 rings (SSSR count). The Morgan fingerprint density at radius 1 is 1.25 bits per heavy atom. The SMILES string of the molecule is COC(=O)c1ccccc1N1C(=O)/C(=C/c2ccccn2)SC1=S. The predicted molar refractivity (Wildman–Crippen MR) is 97.7 cm³/mol. The molecule has 1 aliphatic rings. The largest absolute Gasteiger partial charge is 0.465 e. The molecule has 1 aromatic carbocycles. The van der Waals surface area contributed by atoms with Crippen LogP contribution in [0.5, 0.6) is 0 Å². The van der Waals surface area contributed by atoms with Gasteiger partial charge in [-0.05, 0) is 30.3 Å². The van der Waals surface area contributed by atoms with Crippen LogP contribution >= 0.6 is 24.0 Å². The minimum Gasteiger partial charge on any atom is -0.465 e. The average molecular weight is 356 g/mol. The summed E-state index contributed by atoms with van der Waals surface area (Å²) in [5, 5.41) is 0. The van der Waals surface area contributed by atoms with Gasteiger partial charge in [0.15, 0.2) is 4.32 Å². The lowest BCUT2D eigenvalue weighted by Crippen LogP contribution is -2.29. The lowest BCUT2D eigenvalue weighted by molar-refractivity contribution is -0.113. The highest BCUT2D eigenvalue weighted by molar-refractivity contribution is 8.27. The molecule has 5 nitrogen and oxygen atoms in total. The van der Waals surface area contributed by atoms with Crippen LogP contribution in [0.2, 0.25) is 0 Å². The molecule has 24 heavy (non-hydrogen) atoms. The Bertz CT molecular complexity index is 850. The molecule has 1 aromatic heterocycles. The summed E-state index contributed by atoms with van der Waals surface area (Å²) in [6, 6.07) is 12.2. The molecule has 0 aliphatic carbocycles. The minimum absolute atomic E-state index is 0.285. The lowest BCUT2D eigenvalue weighted by Gasteiger charge is -2.17. The van der Waals surface area contributed by atoms with Gasteiger partial charge in [0.05, 0.1) is 29.0 Å². The van der Waals surface area contributed by atoms with Gasteiger partial charge in [-0.3, -0.25) is 14.7 Å². The molecule has 0 atom stereocenters. The normalized spacial score (nSPS) is 15.9. The Balaban J connectivity index is 1.99. The molecule has 120 valence electrons. The van der Waals surface area contributed by atoms with Crippen molar-refractivity contribution in [3.05, 3.63) is 64.8 Å². The fourth-order valence-electron chi connectivity index (χ4n) is 2.22. The Morgan fingerprint density at radius 3 is 2.71 bits per heavy atom. The van der Waals surface area contributed by atoms with Gasteiger partial charge >= 0.3 is 5.97 Å². The molecule has 2 aromatic rings. The van der Waals surface area contributed by atoms with Gasteiger partial charge in [-0.15, -0.1) is 0 Å². The number of amides is 1. The molecule has 0 unspecified atom stereocenters. The molecule has 0 N–H and O–H groups in total. The summed E-state index contributed by atoms with van der Waals surface area (Å²) in [7, 11) is 1.30. The van der Waals surface area contributed by atoms with Gasteiger partial charge in [0.2, 0.25) is 0 Å². The molecule has 0 spiro atoms. The van der Waals surface area contributed by atoms with Crippen LogP contribution < -0.4 is 4.90 Å². The highest BCUT2D eigenvalue weighted by atomic mass is 32.2. The standard InChI is InChI=1S/C17H12N2O3S2/c1-22-16(21)12-7-2-3-8-13(12)19-15(20)14(24-17(19)23)10-11-6-4-5-9-18-11/h2-10H,1H3/b14-10-. The van der Waals surface area contributed by atoms with Crippen LogP contribution in [-0.2, 0) is 9.53 Å². The Hall–Kier alpha value is -2.51. The van der Waals surface area contributed by atoms with Crippen molar-refractivity contribution in [1.29, 1.82) is 0 Å². The number of benzene rings is 1. The number of carbonyl (C=O) groups is 2. The lowest BCUT2D eigenvalue weighted by atomic mass is 10.1. The summed E-state index contributed by atoms with van der Waals surface area (Å²) < 4.78 is 5.14. The second kappa shape index (κ2) is 6.94. The number of esters is 1. The Labute approximate surface area is 148 Å². The van der Waals surface area contributed by atoms with E-state index in [2.05, 4.69) is 4.98 Å². The number of para-hydroxylation sites is 1. The number of methoxy groups -OCH3 is 1. The number of hydrogen-bond acceptors (Lipinski definition) is 6. The van der Waals surface area contributed by atoms with Crippen LogP contribution in [0.1, 0.15) is 16.1 Å². The van der Waals surface area contributed by atoms with Crippen LogP contribution in [0, 0.1) is 0 Å². The third-order valence-electron chi connectivity index (χ3n) is 3.31. The number of aromatic nitrogens is 1. The molecule has 0 bridgehead atoms. The van der Waals surface area contributed by atoms with Crippen molar-refractivity contribution in [3.8, 4) is 0 Å². The van der Waals surface area contributed by atoms with Gasteiger partial charge in [0.1, 0.15) is 0 Å². The summed E-state index contributed by atoms with van der Waals surface area (Å²) in [6.07, 6.45) is 3.33. The number of hydrogen-bond donors (Lipinski definition) is 0. The van der Waals surface area contributed by atoms with Crippen LogP contribution in [0.15, 0.2) is 53.6 Å². The van der Waals surface area contributed by atoms with E-state index in [1.165, 1.54) is 23.8 Å². The molecular weight excluding hydrogens is 344 g/mol. The number of ether oxygens (including phenoxy) is 1. The monoisotopic (exact) mass is 356 g/mol. The fourth-order valence-corrected chi connectivity index (χ4v) is 3.49. The van der Waals surface area contributed by atoms with Gasteiger partial charge in [0, 0.05) is 6.20 Å². The van der Waals surface area contributed by atoms with E-state index in [9.17, 15) is 9.59 Å². The molecule has 0 saturated carbocycles. The quantitative estimate of drug-likeness (QED) is 0.478. The summed E-state index contributed by atoms with van der Waals surface area (Å²) in [5.74, 6) is -0.805. The topological polar surface area (TPSA) is 59.5 Å². The number of nitrogens with zero attached hydrogens (tertiary/aromatic N) is 2. The number of anilines is 1. The summed E-state index contributed by atoms with van der Waals surface area (Å²) in [5.41, 5.74) is 1.37. The van der Waals surface area contributed by atoms with E-state index in [0.717, 1.165) is 0 Å². The maximum absolute atomic E-state index is 12.8. The second-order valence-electron chi connectivity index (χ2n) is 4.78. The molecule has 1 amide bonds. The first-order valence-corrected chi connectivity index (χ1v) is 8.20. The molecule has 1 fully saturated rings. The summed E-state index contributed by atoms with van der Waals surface area (Å²) in [6.45, 7) is 0. The maximum atomic E-state index is 12.8. The number of thiocarbonyl (C=S) groups is 1. The van der Waals surface area contributed by atoms with E-state index in [4.69, 9.17) is 17.0 Å². The van der Waals surface area contributed by atoms with E-state index >= 15 is 0 Å². The van der Waals surface area contributed by atoms with Crippen molar-refractivity contribution in [2.24, 2.45) is 0 Å². The van der Waals surface area contributed by atoms with E-state index in [0.29, 0.717) is 20.6 Å². The highest BCUT2D eigenvalue weighted by Crippen LogP contribution is 2.37. The predicted octanol–water partition coefficient (Wildman–Crippen LogP) is 3.27. The van der Waals surface area contributed by atoms with Crippen molar-refractivity contribution in [3.63, 3.8) is 0 Å². The first-order chi connectivity index (χ1) is 11.6. The van der Waals surface area contributed by atoms with Gasteiger partial charge < -0.3 is 4.74 Å². The molecule has 2 heterocycles. The third kappa shape index (κ3) is 3.08. The second-order valence-corrected chi connectivity index (χ2v) is 6.46. The molecular formula is C17H12N2O3S2. The van der Waals surface area contributed by atoms with E-state index in [-0.39, 0.29) is 11.5 Å². The average Bonchev–Trinajstić information content (AvgIpc) is 2.88. The fraction of sp³-hybridized carbons (Fsp3) is 0.0588. The molecule has 1 aliphatic heterocycles. The van der Waals surface area contributed by atoms with Crippen molar-refractivity contribution >= 4 is 51.9 Å². The van der Waals surface area contributed by atoms with Crippen LogP contribution in [0.3, 0.4) is 0 Å². The van der Waals surface area contributed by atoms with Crippen molar-refractivity contribution in [1.82, 2.24) is 4.98 Å². The van der Waals surface area contributed by atoms with Crippen molar-refractivity contribution in [2.45, 2.75) is 0 Å². The van der Waals surface area contributed by atoms with Gasteiger partial charge in [-0.1, -0.05) is 42.2 Å². The minimum atomic E-state index is -0.520. The summed E-state index contributed by atoms with van der Waals surface area (Å²) in [4.78, 5) is 30.7. The highest BCUT2D eigenvalue weighted by Gasteiger charge is 2.35. The number of pyridine rings is 1. The zero-order chi connectivity index (χ0) is 17.1. The van der Waals surface area contributed by atoms with Crippen molar-refractivity contribution < 1.29 is 14.3 Å². The van der Waals surface area contributed by atoms with E-state index in [1.807, 2.05) is 6.07 Å². The smallest absolute Gasteiger partial charge is 0.339 e. The van der Waals surface area contributed by atoms with Gasteiger partial charge in [-0.25, -0.2) is 4.79 Å². The molecule has 1 saturated heterocycles. The van der Waals surface area contributed by atoms with E-state index in [1.54, 1.807) is 48.7 Å². The molecule has 0 radical (unpaired) electrons. The zero-order valence-corrected chi connectivity index (χ0v) is 14.3. The van der Waals surface area contributed by atoms with Gasteiger partial charge in [0.25, 0.3) is 5.91 Å².